The van der Waals surface area contributed by atoms with Crippen molar-refractivity contribution in [3.05, 3.63) is 59.8 Å². The molecule has 2 rings (SSSR count). The molecular weight excluding hydrogens is 238 g/mol. The van der Waals surface area contributed by atoms with Crippen LogP contribution in [0.4, 0.5) is 5.82 Å². The summed E-state index contributed by atoms with van der Waals surface area (Å²) in [6.45, 7) is 1.26. The Balaban J connectivity index is 1.69. The van der Waals surface area contributed by atoms with Gasteiger partial charge in [-0.1, -0.05) is 36.4 Å². The van der Waals surface area contributed by atoms with Gasteiger partial charge in [-0.2, -0.15) is 0 Å². The molecule has 1 heterocycles. The van der Waals surface area contributed by atoms with Gasteiger partial charge in [0.15, 0.2) is 0 Å². The number of ether oxygens (including phenoxy) is 1. The summed E-state index contributed by atoms with van der Waals surface area (Å²) >= 11 is 0. The van der Waals surface area contributed by atoms with E-state index >= 15 is 0 Å². The van der Waals surface area contributed by atoms with Crippen molar-refractivity contribution >= 4 is 5.82 Å². The lowest BCUT2D eigenvalue weighted by Gasteiger charge is -2.08. The van der Waals surface area contributed by atoms with E-state index in [4.69, 9.17) is 10.6 Å². The number of nitrogens with zero attached hydrogens (tertiary/aromatic N) is 1. The van der Waals surface area contributed by atoms with Crippen molar-refractivity contribution in [3.8, 4) is 0 Å². The fourth-order valence-corrected chi connectivity index (χ4v) is 1.89. The normalized spacial score (nSPS) is 10.4. The monoisotopic (exact) mass is 257 g/mol. The number of hydrogen-bond donors (Lipinski definition) is 2. The van der Waals surface area contributed by atoms with Crippen LogP contribution in [0, 0.1) is 0 Å². The van der Waals surface area contributed by atoms with Gasteiger partial charge >= 0.3 is 0 Å². The van der Waals surface area contributed by atoms with Crippen molar-refractivity contribution in [2.24, 2.45) is 5.84 Å². The Labute approximate surface area is 113 Å². The van der Waals surface area contributed by atoms with Crippen molar-refractivity contribution in [2.45, 2.75) is 19.4 Å². The molecule has 0 bridgehead atoms. The topological polar surface area (TPSA) is 60.2 Å². The van der Waals surface area contributed by atoms with E-state index in [1.807, 2.05) is 18.2 Å². The van der Waals surface area contributed by atoms with E-state index in [0.717, 1.165) is 25.0 Å². The molecule has 0 radical (unpaired) electrons. The van der Waals surface area contributed by atoms with E-state index in [0.29, 0.717) is 12.4 Å². The number of nitrogens with two attached hydrogens (primary N) is 1. The molecule has 0 aliphatic rings. The molecule has 0 saturated heterocycles. The standard InChI is InChI=1S/C15H19N3O/c16-18-15-14(9-4-10-17-15)12-19-11-5-8-13-6-2-1-3-7-13/h1-4,6-7,9-10H,5,8,11-12,16H2,(H,17,18). The summed E-state index contributed by atoms with van der Waals surface area (Å²) in [5, 5.41) is 0. The van der Waals surface area contributed by atoms with Gasteiger partial charge in [-0.15, -0.1) is 0 Å². The smallest absolute Gasteiger partial charge is 0.145 e. The fraction of sp³-hybridized carbons (Fsp3) is 0.267. The highest BCUT2D eigenvalue weighted by Crippen LogP contribution is 2.11. The third-order valence-electron chi connectivity index (χ3n) is 2.88. The molecule has 4 heteroatoms. The summed E-state index contributed by atoms with van der Waals surface area (Å²) in [4.78, 5) is 4.13. The van der Waals surface area contributed by atoms with Gasteiger partial charge in [-0.3, -0.25) is 0 Å². The number of rotatable bonds is 7. The van der Waals surface area contributed by atoms with Crippen LogP contribution < -0.4 is 11.3 Å². The zero-order valence-electron chi connectivity index (χ0n) is 10.9. The highest BCUT2D eigenvalue weighted by atomic mass is 16.5. The van der Waals surface area contributed by atoms with Crippen LogP contribution in [0.15, 0.2) is 48.7 Å². The van der Waals surface area contributed by atoms with Crippen LogP contribution in [0.3, 0.4) is 0 Å². The van der Waals surface area contributed by atoms with Crippen LogP contribution in [0.1, 0.15) is 17.5 Å². The van der Waals surface area contributed by atoms with Gasteiger partial charge < -0.3 is 10.2 Å². The molecule has 0 saturated carbocycles. The molecule has 0 aliphatic heterocycles. The van der Waals surface area contributed by atoms with E-state index in [2.05, 4.69) is 34.7 Å². The average molecular weight is 257 g/mol. The molecule has 1 aromatic heterocycles. The number of benzene rings is 1. The third-order valence-corrected chi connectivity index (χ3v) is 2.88. The molecule has 3 N–H and O–H groups in total. The van der Waals surface area contributed by atoms with Gasteiger partial charge in [0.05, 0.1) is 6.61 Å². The number of aryl methyl sites for hydroxylation is 1. The SMILES string of the molecule is NNc1ncccc1COCCCc1ccccc1. The molecule has 0 atom stereocenters. The van der Waals surface area contributed by atoms with E-state index in [-0.39, 0.29) is 0 Å². The molecular formula is C15H19N3O. The van der Waals surface area contributed by atoms with E-state index in [1.54, 1.807) is 6.20 Å². The van der Waals surface area contributed by atoms with Crippen LogP contribution in [0.2, 0.25) is 0 Å². The molecule has 0 unspecified atom stereocenters. The fourth-order valence-electron chi connectivity index (χ4n) is 1.89. The van der Waals surface area contributed by atoms with Crippen LogP contribution >= 0.6 is 0 Å². The molecule has 0 spiro atoms. The average Bonchev–Trinajstić information content (AvgIpc) is 2.48. The summed E-state index contributed by atoms with van der Waals surface area (Å²) in [5.41, 5.74) is 4.89. The summed E-state index contributed by atoms with van der Waals surface area (Å²) in [7, 11) is 0. The first-order valence-corrected chi connectivity index (χ1v) is 6.42. The highest BCUT2D eigenvalue weighted by Gasteiger charge is 2.01. The summed E-state index contributed by atoms with van der Waals surface area (Å²) < 4.78 is 5.65. The minimum absolute atomic E-state index is 0.530. The maximum atomic E-state index is 5.65. The van der Waals surface area contributed by atoms with Gasteiger partial charge in [-0.05, 0) is 24.5 Å². The maximum absolute atomic E-state index is 5.65. The molecule has 100 valence electrons. The number of aromatic nitrogens is 1. The van der Waals surface area contributed by atoms with Crippen LogP contribution in [-0.4, -0.2) is 11.6 Å². The second kappa shape index (κ2) is 7.51. The van der Waals surface area contributed by atoms with Crippen molar-refractivity contribution < 1.29 is 4.74 Å². The largest absolute Gasteiger partial charge is 0.377 e. The molecule has 1 aromatic carbocycles. The lowest BCUT2D eigenvalue weighted by Crippen LogP contribution is -2.11. The first-order chi connectivity index (χ1) is 9.40. The summed E-state index contributed by atoms with van der Waals surface area (Å²) in [6, 6.07) is 14.3. The summed E-state index contributed by atoms with van der Waals surface area (Å²) in [5.74, 6) is 6.06. The first-order valence-electron chi connectivity index (χ1n) is 6.42. The second-order valence-electron chi connectivity index (χ2n) is 4.30. The lowest BCUT2D eigenvalue weighted by atomic mass is 10.1. The predicted octanol–water partition coefficient (Wildman–Crippen LogP) is 2.52. The number of hydrogen-bond acceptors (Lipinski definition) is 4. The van der Waals surface area contributed by atoms with Gasteiger partial charge in [-0.25, -0.2) is 10.8 Å². The summed E-state index contributed by atoms with van der Waals surface area (Å²) in [6.07, 6.45) is 3.75. The Kier molecular flexibility index (Phi) is 5.34. The predicted molar refractivity (Wildman–Crippen MR) is 76.5 cm³/mol. The molecule has 19 heavy (non-hydrogen) atoms. The maximum Gasteiger partial charge on any atom is 0.145 e. The Bertz CT molecular complexity index is 488. The van der Waals surface area contributed by atoms with Crippen molar-refractivity contribution in [2.75, 3.05) is 12.0 Å². The van der Waals surface area contributed by atoms with Crippen LogP contribution in [0.25, 0.3) is 0 Å². The lowest BCUT2D eigenvalue weighted by molar-refractivity contribution is 0.119. The minimum Gasteiger partial charge on any atom is -0.377 e. The quantitative estimate of drug-likeness (QED) is 0.454. The number of nitrogen functional groups attached to an aromatic ring is 1. The molecule has 0 amide bonds. The number of anilines is 1. The first kappa shape index (κ1) is 13.5. The van der Waals surface area contributed by atoms with Gasteiger partial charge in [0.25, 0.3) is 0 Å². The van der Waals surface area contributed by atoms with E-state index in [1.165, 1.54) is 5.56 Å². The van der Waals surface area contributed by atoms with E-state index in [9.17, 15) is 0 Å². The van der Waals surface area contributed by atoms with E-state index < -0.39 is 0 Å². The third kappa shape index (κ3) is 4.35. The Morgan fingerprint density at radius 3 is 2.74 bits per heavy atom. The second-order valence-corrected chi connectivity index (χ2v) is 4.30. The highest BCUT2D eigenvalue weighted by molar-refractivity contribution is 5.41. The van der Waals surface area contributed by atoms with Gasteiger partial charge in [0.1, 0.15) is 5.82 Å². The van der Waals surface area contributed by atoms with Crippen LogP contribution in [-0.2, 0) is 17.8 Å². The minimum atomic E-state index is 0.530. The van der Waals surface area contributed by atoms with Crippen molar-refractivity contribution in [1.82, 2.24) is 4.98 Å². The molecule has 2 aromatic rings. The number of hydrazine groups is 1. The Morgan fingerprint density at radius 2 is 1.95 bits per heavy atom. The zero-order chi connectivity index (χ0) is 13.3. The van der Waals surface area contributed by atoms with Crippen molar-refractivity contribution in [3.63, 3.8) is 0 Å². The molecule has 0 aliphatic carbocycles. The zero-order valence-corrected chi connectivity index (χ0v) is 10.9. The van der Waals surface area contributed by atoms with Gasteiger partial charge in [0, 0.05) is 18.4 Å². The van der Waals surface area contributed by atoms with Gasteiger partial charge in [0.2, 0.25) is 0 Å². The molecule has 4 nitrogen and oxygen atoms in total. The number of nitrogens with one attached hydrogen (secondary N) is 1. The molecule has 0 fully saturated rings. The Morgan fingerprint density at radius 1 is 1.11 bits per heavy atom. The van der Waals surface area contributed by atoms with Crippen molar-refractivity contribution in [1.29, 1.82) is 0 Å². The Hall–Kier alpha value is -1.91. The van der Waals surface area contributed by atoms with Crippen LogP contribution in [0.5, 0.6) is 0 Å². The number of pyridine rings is 1.